The Balaban J connectivity index is 1.90. The lowest BCUT2D eigenvalue weighted by Gasteiger charge is -2.05. The smallest absolute Gasteiger partial charge is 0.278 e. The molecule has 8 heteroatoms. The number of benzene rings is 2. The van der Waals surface area contributed by atoms with E-state index in [-0.39, 0.29) is 17.0 Å². The van der Waals surface area contributed by atoms with Crippen molar-refractivity contribution in [2.75, 3.05) is 6.61 Å². The van der Waals surface area contributed by atoms with Crippen molar-refractivity contribution in [1.29, 1.82) is 0 Å². The molecule has 0 heterocycles. The van der Waals surface area contributed by atoms with Crippen molar-refractivity contribution in [3.63, 3.8) is 0 Å². The first-order valence-electron chi connectivity index (χ1n) is 6.50. The Bertz CT molecular complexity index is 749. The number of rotatable bonds is 6. The molecule has 0 radical (unpaired) electrons. The molecule has 0 unspecified atom stereocenters. The first-order chi connectivity index (χ1) is 11.1. The molecule has 0 saturated heterocycles. The summed E-state index contributed by atoms with van der Waals surface area (Å²) in [5.74, 6) is -1.25. The Morgan fingerprint density at radius 2 is 1.96 bits per heavy atom. The molecule has 2 rings (SSSR count). The van der Waals surface area contributed by atoms with Crippen LogP contribution >= 0.6 is 0 Å². The molecule has 1 amide bonds. The third-order valence-electron chi connectivity index (χ3n) is 2.72. The van der Waals surface area contributed by atoms with Crippen LogP contribution in [0.3, 0.4) is 0 Å². The predicted molar refractivity (Wildman–Crippen MR) is 80.7 cm³/mol. The van der Waals surface area contributed by atoms with Gasteiger partial charge in [0.25, 0.3) is 11.6 Å². The number of para-hydroxylation sites is 2. The first-order valence-corrected chi connectivity index (χ1v) is 6.50. The maximum absolute atomic E-state index is 13.3. The fourth-order valence-corrected chi connectivity index (χ4v) is 1.67. The summed E-state index contributed by atoms with van der Waals surface area (Å²) >= 11 is 0. The van der Waals surface area contributed by atoms with Crippen LogP contribution in [0.4, 0.5) is 10.1 Å². The highest BCUT2D eigenvalue weighted by molar-refractivity contribution is 5.86. The van der Waals surface area contributed by atoms with Gasteiger partial charge >= 0.3 is 0 Å². The van der Waals surface area contributed by atoms with Crippen LogP contribution < -0.4 is 10.2 Å². The van der Waals surface area contributed by atoms with Crippen molar-refractivity contribution < 1.29 is 18.8 Å². The second kappa shape index (κ2) is 7.64. The Morgan fingerprint density at radius 3 is 2.70 bits per heavy atom. The van der Waals surface area contributed by atoms with Gasteiger partial charge in [-0.15, -0.1) is 0 Å². The van der Waals surface area contributed by atoms with Crippen LogP contribution in [0.5, 0.6) is 5.75 Å². The van der Waals surface area contributed by atoms with Gasteiger partial charge in [0.15, 0.2) is 18.2 Å². The first kappa shape index (κ1) is 16.1. The summed E-state index contributed by atoms with van der Waals surface area (Å²) in [6, 6.07) is 11.6. The highest BCUT2D eigenvalue weighted by Gasteiger charge is 2.10. The Labute approximate surface area is 130 Å². The van der Waals surface area contributed by atoms with Gasteiger partial charge in [-0.3, -0.25) is 14.9 Å². The van der Waals surface area contributed by atoms with Crippen molar-refractivity contribution >= 4 is 17.8 Å². The number of hydrogen-bond acceptors (Lipinski definition) is 5. The molecule has 0 atom stereocenters. The number of nitro groups is 1. The largest absolute Gasteiger partial charge is 0.481 e. The molecule has 0 fully saturated rings. The van der Waals surface area contributed by atoms with E-state index in [0.29, 0.717) is 0 Å². The molecule has 0 aliphatic carbocycles. The van der Waals surface area contributed by atoms with Gasteiger partial charge < -0.3 is 4.74 Å². The van der Waals surface area contributed by atoms with Crippen LogP contribution in [-0.2, 0) is 4.79 Å². The number of nitrogens with one attached hydrogen (secondary N) is 1. The van der Waals surface area contributed by atoms with Gasteiger partial charge in [-0.1, -0.05) is 24.3 Å². The molecule has 2 aromatic rings. The number of carbonyl (C=O) groups excluding carboxylic acids is 1. The van der Waals surface area contributed by atoms with E-state index in [1.807, 2.05) is 0 Å². The summed E-state index contributed by atoms with van der Waals surface area (Å²) in [7, 11) is 0. The summed E-state index contributed by atoms with van der Waals surface area (Å²) in [4.78, 5) is 21.8. The Kier molecular flexibility index (Phi) is 5.35. The van der Waals surface area contributed by atoms with Gasteiger partial charge in [-0.2, -0.15) is 5.10 Å². The number of ether oxygens (including phenoxy) is 1. The third kappa shape index (κ3) is 4.60. The standard InChI is InChI=1S/C15H12FN3O4/c16-12-6-2-4-8-14(12)23-10-15(20)18-17-9-11-5-1-3-7-13(11)19(21)22/h1-9H,10H2,(H,18,20)/b17-9+. The summed E-state index contributed by atoms with van der Waals surface area (Å²) in [5.41, 5.74) is 2.26. The van der Waals surface area contributed by atoms with Crippen molar-refractivity contribution in [3.8, 4) is 5.75 Å². The predicted octanol–water partition coefficient (Wildman–Crippen LogP) is 2.26. The fourth-order valence-electron chi connectivity index (χ4n) is 1.67. The van der Waals surface area contributed by atoms with Crippen LogP contribution in [0.15, 0.2) is 53.6 Å². The van der Waals surface area contributed by atoms with Crippen LogP contribution in [0.2, 0.25) is 0 Å². The molecular formula is C15H12FN3O4. The maximum atomic E-state index is 13.3. The molecule has 0 bridgehead atoms. The summed E-state index contributed by atoms with van der Waals surface area (Å²) in [5, 5.41) is 14.4. The lowest BCUT2D eigenvalue weighted by Crippen LogP contribution is -2.24. The van der Waals surface area contributed by atoms with Gasteiger partial charge in [0.2, 0.25) is 0 Å². The maximum Gasteiger partial charge on any atom is 0.278 e. The van der Waals surface area contributed by atoms with E-state index >= 15 is 0 Å². The zero-order valence-electron chi connectivity index (χ0n) is 11.8. The molecule has 7 nitrogen and oxygen atoms in total. The van der Waals surface area contributed by atoms with Crippen LogP contribution in [-0.4, -0.2) is 23.7 Å². The second-order valence-electron chi connectivity index (χ2n) is 4.33. The lowest BCUT2D eigenvalue weighted by molar-refractivity contribution is -0.385. The van der Waals surface area contributed by atoms with E-state index in [9.17, 15) is 19.3 Å². The van der Waals surface area contributed by atoms with Crippen LogP contribution in [0.25, 0.3) is 0 Å². The van der Waals surface area contributed by atoms with Gasteiger partial charge in [-0.05, 0) is 18.2 Å². The van der Waals surface area contributed by atoms with Crippen LogP contribution in [0, 0.1) is 15.9 Å². The number of nitrogens with zero attached hydrogens (tertiary/aromatic N) is 2. The monoisotopic (exact) mass is 317 g/mol. The average Bonchev–Trinajstić information content (AvgIpc) is 2.54. The van der Waals surface area contributed by atoms with Crippen molar-refractivity contribution in [1.82, 2.24) is 5.43 Å². The molecule has 118 valence electrons. The van der Waals surface area contributed by atoms with Crippen LogP contribution in [0.1, 0.15) is 5.56 Å². The zero-order chi connectivity index (χ0) is 16.7. The molecule has 0 aliphatic rings. The molecule has 1 N–H and O–H groups in total. The minimum Gasteiger partial charge on any atom is -0.481 e. The number of halogens is 1. The highest BCUT2D eigenvalue weighted by atomic mass is 19.1. The molecule has 23 heavy (non-hydrogen) atoms. The molecule has 0 aliphatic heterocycles. The average molecular weight is 317 g/mol. The van der Waals surface area contributed by atoms with E-state index in [1.54, 1.807) is 12.1 Å². The van der Waals surface area contributed by atoms with Gasteiger partial charge in [0.1, 0.15) is 0 Å². The Hall–Kier alpha value is -3.29. The van der Waals surface area contributed by atoms with E-state index < -0.39 is 23.3 Å². The molecule has 0 aromatic heterocycles. The summed E-state index contributed by atoms with van der Waals surface area (Å²) < 4.78 is 18.3. The second-order valence-corrected chi connectivity index (χ2v) is 4.33. The quantitative estimate of drug-likeness (QED) is 0.502. The number of amides is 1. The SMILES string of the molecule is O=C(COc1ccccc1F)N/N=C/c1ccccc1[N+](=O)[O-]. The summed E-state index contributed by atoms with van der Waals surface area (Å²) in [6.45, 7) is -0.435. The van der Waals surface area contributed by atoms with E-state index in [0.717, 1.165) is 6.21 Å². The van der Waals surface area contributed by atoms with Gasteiger partial charge in [-0.25, -0.2) is 9.82 Å². The third-order valence-corrected chi connectivity index (χ3v) is 2.72. The number of nitro benzene ring substituents is 1. The molecule has 0 saturated carbocycles. The van der Waals surface area contributed by atoms with Crippen molar-refractivity contribution in [2.45, 2.75) is 0 Å². The topological polar surface area (TPSA) is 93.8 Å². The lowest BCUT2D eigenvalue weighted by atomic mass is 10.2. The molecule has 0 spiro atoms. The number of hydrogen-bond donors (Lipinski definition) is 1. The van der Waals surface area contributed by atoms with E-state index in [2.05, 4.69) is 10.5 Å². The summed E-state index contributed by atoms with van der Waals surface area (Å²) in [6.07, 6.45) is 1.15. The van der Waals surface area contributed by atoms with Crippen molar-refractivity contribution in [2.24, 2.45) is 5.10 Å². The van der Waals surface area contributed by atoms with E-state index in [1.165, 1.54) is 36.4 Å². The normalized spacial score (nSPS) is 10.5. The minimum atomic E-state index is -0.622. The van der Waals surface area contributed by atoms with Crippen molar-refractivity contribution in [3.05, 3.63) is 70.0 Å². The number of hydrazone groups is 1. The molecular weight excluding hydrogens is 305 g/mol. The zero-order valence-corrected chi connectivity index (χ0v) is 11.8. The number of carbonyl (C=O) groups is 1. The molecule has 2 aromatic carbocycles. The van der Waals surface area contributed by atoms with Gasteiger partial charge in [0, 0.05) is 6.07 Å². The fraction of sp³-hybridized carbons (Fsp3) is 0.0667. The Morgan fingerprint density at radius 1 is 1.26 bits per heavy atom. The minimum absolute atomic E-state index is 0.0506. The van der Waals surface area contributed by atoms with E-state index in [4.69, 9.17) is 4.74 Å². The highest BCUT2D eigenvalue weighted by Crippen LogP contribution is 2.15. The van der Waals surface area contributed by atoms with Gasteiger partial charge in [0.05, 0.1) is 16.7 Å².